The van der Waals surface area contributed by atoms with Crippen molar-refractivity contribution in [1.82, 2.24) is 18.9 Å². The molecule has 0 aliphatic carbocycles. The van der Waals surface area contributed by atoms with Crippen molar-refractivity contribution in [2.24, 2.45) is 0 Å². The molecule has 0 N–H and O–H groups in total. The number of ether oxygens (including phenoxy) is 1. The predicted octanol–water partition coefficient (Wildman–Crippen LogP) is 4.50. The van der Waals surface area contributed by atoms with E-state index in [9.17, 15) is 4.79 Å². The van der Waals surface area contributed by atoms with Crippen LogP contribution in [0, 0.1) is 6.92 Å². The van der Waals surface area contributed by atoms with Crippen molar-refractivity contribution in [2.75, 3.05) is 27.2 Å². The SMILES string of the molecule is Cc1cc(=O)n2cc(-c3ccc(Cl)cc3)nc2n1Cc1ccc(OCCCN(C)C)cc1. The molecular formula is C25H27ClN4O2. The number of aryl methyl sites for hydroxylation is 1. The van der Waals surface area contributed by atoms with Crippen molar-refractivity contribution in [2.45, 2.75) is 19.9 Å². The van der Waals surface area contributed by atoms with Crippen LogP contribution in [-0.4, -0.2) is 46.1 Å². The molecule has 0 saturated heterocycles. The molecule has 0 spiro atoms. The van der Waals surface area contributed by atoms with Crippen LogP contribution in [0.1, 0.15) is 17.7 Å². The molecule has 0 amide bonds. The second-order valence-electron chi connectivity index (χ2n) is 8.16. The lowest BCUT2D eigenvalue weighted by Crippen LogP contribution is -2.19. The molecule has 4 rings (SSSR count). The highest BCUT2D eigenvalue weighted by Crippen LogP contribution is 2.22. The smallest absolute Gasteiger partial charge is 0.259 e. The zero-order valence-corrected chi connectivity index (χ0v) is 19.3. The Bertz CT molecular complexity index is 1260. The van der Waals surface area contributed by atoms with Crippen molar-refractivity contribution in [3.05, 3.63) is 87.4 Å². The summed E-state index contributed by atoms with van der Waals surface area (Å²) < 4.78 is 9.48. The third-order valence-electron chi connectivity index (χ3n) is 5.35. The van der Waals surface area contributed by atoms with Crippen LogP contribution in [0.5, 0.6) is 5.75 Å². The summed E-state index contributed by atoms with van der Waals surface area (Å²) in [5.41, 5.74) is 3.52. The van der Waals surface area contributed by atoms with Gasteiger partial charge in [-0.3, -0.25) is 9.20 Å². The van der Waals surface area contributed by atoms with Crippen molar-refractivity contribution in [3.63, 3.8) is 0 Å². The van der Waals surface area contributed by atoms with Crippen LogP contribution < -0.4 is 10.3 Å². The molecule has 2 heterocycles. The molecule has 0 fully saturated rings. The van der Waals surface area contributed by atoms with Gasteiger partial charge in [0, 0.05) is 35.1 Å². The Labute approximate surface area is 192 Å². The van der Waals surface area contributed by atoms with Gasteiger partial charge in [-0.15, -0.1) is 0 Å². The number of rotatable bonds is 8. The van der Waals surface area contributed by atoms with E-state index in [1.165, 1.54) is 0 Å². The summed E-state index contributed by atoms with van der Waals surface area (Å²) in [6.45, 7) is 4.23. The molecule has 166 valence electrons. The fraction of sp³-hybridized carbons (Fsp3) is 0.280. The molecule has 32 heavy (non-hydrogen) atoms. The van der Waals surface area contributed by atoms with Gasteiger partial charge < -0.3 is 14.2 Å². The van der Waals surface area contributed by atoms with Crippen LogP contribution in [0.25, 0.3) is 17.0 Å². The van der Waals surface area contributed by atoms with Gasteiger partial charge in [0.25, 0.3) is 5.56 Å². The molecule has 6 nitrogen and oxygen atoms in total. The maximum absolute atomic E-state index is 12.6. The largest absolute Gasteiger partial charge is 0.494 e. The first-order chi connectivity index (χ1) is 15.4. The average molecular weight is 451 g/mol. The van der Waals surface area contributed by atoms with Crippen LogP contribution in [0.3, 0.4) is 0 Å². The topological polar surface area (TPSA) is 51.8 Å². The maximum atomic E-state index is 12.6. The number of hydrogen-bond acceptors (Lipinski definition) is 4. The molecule has 0 aliphatic rings. The second-order valence-corrected chi connectivity index (χ2v) is 8.60. The van der Waals surface area contributed by atoms with Crippen molar-refractivity contribution >= 4 is 17.4 Å². The van der Waals surface area contributed by atoms with Crippen molar-refractivity contribution < 1.29 is 4.74 Å². The second kappa shape index (κ2) is 9.59. The third kappa shape index (κ3) is 5.03. The van der Waals surface area contributed by atoms with Crippen LogP contribution in [0.15, 0.2) is 65.6 Å². The minimum absolute atomic E-state index is 0.0945. The fourth-order valence-electron chi connectivity index (χ4n) is 3.61. The van der Waals surface area contributed by atoms with Gasteiger partial charge in [0.1, 0.15) is 5.75 Å². The highest BCUT2D eigenvalue weighted by molar-refractivity contribution is 6.30. The number of halogens is 1. The number of nitrogens with zero attached hydrogens (tertiary/aromatic N) is 4. The lowest BCUT2D eigenvalue weighted by molar-refractivity contribution is 0.281. The molecule has 7 heteroatoms. The number of benzene rings is 2. The van der Waals surface area contributed by atoms with E-state index in [2.05, 4.69) is 31.1 Å². The highest BCUT2D eigenvalue weighted by Gasteiger charge is 2.12. The van der Waals surface area contributed by atoms with Gasteiger partial charge in [-0.2, -0.15) is 0 Å². The molecule has 0 saturated carbocycles. The van der Waals surface area contributed by atoms with Crippen LogP contribution in [0.4, 0.5) is 0 Å². The van der Waals surface area contributed by atoms with E-state index in [1.54, 1.807) is 16.7 Å². The minimum atomic E-state index is -0.0945. The van der Waals surface area contributed by atoms with E-state index in [0.717, 1.165) is 41.2 Å². The molecule has 2 aromatic carbocycles. The number of fused-ring (bicyclic) bond motifs is 1. The summed E-state index contributed by atoms with van der Waals surface area (Å²) >= 11 is 6.01. The average Bonchev–Trinajstić information content (AvgIpc) is 3.21. The molecule has 2 aromatic heterocycles. The van der Waals surface area contributed by atoms with Crippen LogP contribution in [-0.2, 0) is 6.54 Å². The lowest BCUT2D eigenvalue weighted by atomic mass is 10.2. The zero-order chi connectivity index (χ0) is 22.7. The van der Waals surface area contributed by atoms with Gasteiger partial charge in [0.05, 0.1) is 18.8 Å². The van der Waals surface area contributed by atoms with Crippen LogP contribution in [0.2, 0.25) is 5.02 Å². The number of aromatic nitrogens is 3. The summed E-state index contributed by atoms with van der Waals surface area (Å²) in [5.74, 6) is 1.48. The molecule has 0 aliphatic heterocycles. The Kier molecular flexibility index (Phi) is 6.63. The van der Waals surface area contributed by atoms with Gasteiger partial charge >= 0.3 is 0 Å². The molecule has 4 aromatic rings. The Morgan fingerprint density at radius 1 is 1.06 bits per heavy atom. The Balaban J connectivity index is 1.57. The van der Waals surface area contributed by atoms with Crippen molar-refractivity contribution in [1.29, 1.82) is 0 Å². The molecule has 0 atom stereocenters. The molecular weight excluding hydrogens is 424 g/mol. The zero-order valence-electron chi connectivity index (χ0n) is 18.6. The van der Waals surface area contributed by atoms with Gasteiger partial charge in [-0.1, -0.05) is 35.9 Å². The first kappa shape index (κ1) is 22.1. The first-order valence-electron chi connectivity index (χ1n) is 10.6. The summed E-state index contributed by atoms with van der Waals surface area (Å²) in [5, 5.41) is 0.665. The van der Waals surface area contributed by atoms with Crippen LogP contribution >= 0.6 is 11.6 Å². The van der Waals surface area contributed by atoms with E-state index in [-0.39, 0.29) is 5.56 Å². The number of imidazole rings is 1. The summed E-state index contributed by atoms with van der Waals surface area (Å²) in [7, 11) is 4.12. The Hall–Kier alpha value is -3.09. The standard InChI is InChI=1S/C25H27ClN4O2/c1-18-15-24(31)30-17-23(20-7-9-21(26)10-8-20)27-25(30)29(18)16-19-5-11-22(12-6-19)32-14-4-13-28(2)3/h5-12,15,17H,4,13-14,16H2,1-3H3. The monoisotopic (exact) mass is 450 g/mol. The quantitative estimate of drug-likeness (QED) is 0.371. The highest BCUT2D eigenvalue weighted by atomic mass is 35.5. The van der Waals surface area contributed by atoms with Gasteiger partial charge in [0.2, 0.25) is 5.78 Å². The van der Waals surface area contributed by atoms with E-state index in [4.69, 9.17) is 21.3 Å². The lowest BCUT2D eigenvalue weighted by Gasteiger charge is -2.13. The summed E-state index contributed by atoms with van der Waals surface area (Å²) in [6.07, 6.45) is 2.76. The van der Waals surface area contributed by atoms with Crippen molar-refractivity contribution in [3.8, 4) is 17.0 Å². The summed E-state index contributed by atoms with van der Waals surface area (Å²) in [6, 6.07) is 17.2. The van der Waals surface area contributed by atoms with Gasteiger partial charge in [-0.25, -0.2) is 4.98 Å². The molecule has 0 radical (unpaired) electrons. The molecule has 0 unspecified atom stereocenters. The Morgan fingerprint density at radius 2 is 1.78 bits per heavy atom. The summed E-state index contributed by atoms with van der Waals surface area (Å²) in [4.78, 5) is 19.5. The van der Waals surface area contributed by atoms with E-state index >= 15 is 0 Å². The fourth-order valence-corrected chi connectivity index (χ4v) is 3.73. The van der Waals surface area contributed by atoms with E-state index in [0.29, 0.717) is 24.0 Å². The predicted molar refractivity (Wildman–Crippen MR) is 129 cm³/mol. The number of hydrogen-bond donors (Lipinski definition) is 0. The van der Waals surface area contributed by atoms with E-state index < -0.39 is 0 Å². The minimum Gasteiger partial charge on any atom is -0.494 e. The first-order valence-corrected chi connectivity index (χ1v) is 11.0. The van der Waals surface area contributed by atoms with E-state index in [1.807, 2.05) is 47.9 Å². The molecule has 0 bridgehead atoms. The third-order valence-corrected chi connectivity index (χ3v) is 5.60. The van der Waals surface area contributed by atoms with Gasteiger partial charge in [-0.05, 0) is 57.3 Å². The normalized spacial score (nSPS) is 11.4. The Morgan fingerprint density at radius 3 is 2.47 bits per heavy atom. The van der Waals surface area contributed by atoms with Gasteiger partial charge in [0.15, 0.2) is 0 Å². The maximum Gasteiger partial charge on any atom is 0.259 e.